The van der Waals surface area contributed by atoms with Crippen molar-refractivity contribution in [1.82, 2.24) is 15.1 Å². The molecule has 0 saturated heterocycles. The fraction of sp³-hybridized carbons (Fsp3) is 0.692. The first kappa shape index (κ1) is 14.5. The average molecular weight is 253 g/mol. The van der Waals surface area contributed by atoms with Crippen LogP contribution in [0.4, 0.5) is 0 Å². The smallest absolute Gasteiger partial charge is 0.261 e. The largest absolute Gasteiger partial charge is 0.478 e. The highest BCUT2D eigenvalue weighted by atomic mass is 16.5. The summed E-state index contributed by atoms with van der Waals surface area (Å²) >= 11 is 0. The van der Waals surface area contributed by atoms with E-state index in [1.165, 1.54) is 0 Å². The summed E-state index contributed by atoms with van der Waals surface area (Å²) in [4.78, 5) is 11.8. The molecule has 102 valence electrons. The molecule has 1 N–H and O–H groups in total. The monoisotopic (exact) mass is 253 g/mol. The molecule has 1 atom stereocenters. The molecule has 0 aromatic carbocycles. The fourth-order valence-corrected chi connectivity index (χ4v) is 1.49. The van der Waals surface area contributed by atoms with Crippen molar-refractivity contribution in [1.29, 1.82) is 0 Å². The van der Waals surface area contributed by atoms with Crippen LogP contribution >= 0.6 is 0 Å². The topological polar surface area (TPSA) is 56.1 Å². The van der Waals surface area contributed by atoms with E-state index in [1.807, 2.05) is 31.6 Å². The minimum Gasteiger partial charge on any atom is -0.478 e. The standard InChI is InChI=1S/C13H23N3O2/c1-6-7-16-9-11(8-14-16)18-10(2)12(17)15-13(3,4)5/h8-10H,6-7H2,1-5H3,(H,15,17). The van der Waals surface area contributed by atoms with Crippen LogP contribution < -0.4 is 10.1 Å². The zero-order chi connectivity index (χ0) is 13.8. The van der Waals surface area contributed by atoms with E-state index in [0.29, 0.717) is 5.75 Å². The number of hydrogen-bond donors (Lipinski definition) is 1. The third kappa shape index (κ3) is 4.77. The Bertz CT molecular complexity index is 393. The molecule has 0 aliphatic heterocycles. The zero-order valence-corrected chi connectivity index (χ0v) is 11.9. The van der Waals surface area contributed by atoms with Gasteiger partial charge in [-0.2, -0.15) is 5.10 Å². The van der Waals surface area contributed by atoms with Crippen LogP contribution in [-0.2, 0) is 11.3 Å². The van der Waals surface area contributed by atoms with Gasteiger partial charge in [-0.05, 0) is 34.1 Å². The molecule has 5 nitrogen and oxygen atoms in total. The van der Waals surface area contributed by atoms with Gasteiger partial charge in [0.05, 0.1) is 12.4 Å². The van der Waals surface area contributed by atoms with Crippen molar-refractivity contribution in [2.75, 3.05) is 0 Å². The predicted octanol–water partition coefficient (Wildman–Crippen LogP) is 1.98. The van der Waals surface area contributed by atoms with Crippen molar-refractivity contribution in [2.24, 2.45) is 0 Å². The van der Waals surface area contributed by atoms with Crippen molar-refractivity contribution >= 4 is 5.91 Å². The summed E-state index contributed by atoms with van der Waals surface area (Å²) in [6.07, 6.45) is 3.94. The van der Waals surface area contributed by atoms with Gasteiger partial charge in [-0.15, -0.1) is 0 Å². The molecular weight excluding hydrogens is 230 g/mol. The van der Waals surface area contributed by atoms with Crippen LogP contribution in [0.25, 0.3) is 0 Å². The normalized spacial score (nSPS) is 13.2. The SMILES string of the molecule is CCCn1cc(OC(C)C(=O)NC(C)(C)C)cn1. The maximum atomic E-state index is 11.8. The first-order valence-corrected chi connectivity index (χ1v) is 6.33. The third-order valence-corrected chi connectivity index (χ3v) is 2.24. The molecule has 1 aromatic heterocycles. The second kappa shape index (κ2) is 5.89. The number of ether oxygens (including phenoxy) is 1. The molecule has 0 bridgehead atoms. The Hall–Kier alpha value is -1.52. The number of nitrogens with zero attached hydrogens (tertiary/aromatic N) is 2. The molecular formula is C13H23N3O2. The van der Waals surface area contributed by atoms with E-state index in [2.05, 4.69) is 17.3 Å². The Labute approximate surface area is 109 Å². The molecule has 1 heterocycles. The first-order valence-electron chi connectivity index (χ1n) is 6.33. The maximum Gasteiger partial charge on any atom is 0.261 e. The lowest BCUT2D eigenvalue weighted by atomic mass is 10.1. The fourth-order valence-electron chi connectivity index (χ4n) is 1.49. The summed E-state index contributed by atoms with van der Waals surface area (Å²) in [5.74, 6) is 0.505. The summed E-state index contributed by atoms with van der Waals surface area (Å²) in [7, 11) is 0. The van der Waals surface area contributed by atoms with E-state index >= 15 is 0 Å². The van der Waals surface area contributed by atoms with Crippen LogP contribution in [-0.4, -0.2) is 27.3 Å². The molecule has 0 spiro atoms. The average Bonchev–Trinajstić information content (AvgIpc) is 2.63. The summed E-state index contributed by atoms with van der Waals surface area (Å²) in [5.41, 5.74) is -0.249. The molecule has 0 saturated carbocycles. The predicted molar refractivity (Wildman–Crippen MR) is 70.5 cm³/mol. The molecule has 1 rings (SSSR count). The molecule has 0 aliphatic rings. The van der Waals surface area contributed by atoms with Crippen LogP contribution in [0.15, 0.2) is 12.4 Å². The Morgan fingerprint density at radius 1 is 1.56 bits per heavy atom. The minimum atomic E-state index is -0.525. The molecule has 0 aliphatic carbocycles. The summed E-state index contributed by atoms with van der Waals surface area (Å²) in [6, 6.07) is 0. The second-order valence-electron chi connectivity index (χ2n) is 5.44. The van der Waals surface area contributed by atoms with Gasteiger partial charge in [0.25, 0.3) is 5.91 Å². The van der Waals surface area contributed by atoms with Gasteiger partial charge < -0.3 is 10.1 Å². The number of aryl methyl sites for hydroxylation is 1. The quantitative estimate of drug-likeness (QED) is 0.873. The van der Waals surface area contributed by atoms with Crippen LogP contribution in [0.1, 0.15) is 41.0 Å². The van der Waals surface area contributed by atoms with Gasteiger partial charge in [0.15, 0.2) is 11.9 Å². The molecule has 0 radical (unpaired) electrons. The van der Waals surface area contributed by atoms with E-state index in [4.69, 9.17) is 4.74 Å². The van der Waals surface area contributed by atoms with Crippen LogP contribution in [0.3, 0.4) is 0 Å². The van der Waals surface area contributed by atoms with E-state index in [-0.39, 0.29) is 11.4 Å². The van der Waals surface area contributed by atoms with Crippen molar-refractivity contribution in [2.45, 2.75) is 59.2 Å². The molecule has 1 unspecified atom stereocenters. The summed E-state index contributed by atoms with van der Waals surface area (Å²) in [6.45, 7) is 10.5. The number of amides is 1. The first-order chi connectivity index (χ1) is 8.31. The Morgan fingerprint density at radius 2 is 2.22 bits per heavy atom. The van der Waals surface area contributed by atoms with Gasteiger partial charge in [0.2, 0.25) is 0 Å². The van der Waals surface area contributed by atoms with Crippen LogP contribution in [0.2, 0.25) is 0 Å². The lowest BCUT2D eigenvalue weighted by Crippen LogP contribution is -2.46. The number of rotatable bonds is 5. The number of carbonyl (C=O) groups is 1. The lowest BCUT2D eigenvalue weighted by Gasteiger charge is -2.23. The van der Waals surface area contributed by atoms with Gasteiger partial charge >= 0.3 is 0 Å². The highest BCUT2D eigenvalue weighted by molar-refractivity contribution is 5.81. The third-order valence-electron chi connectivity index (χ3n) is 2.24. The van der Waals surface area contributed by atoms with Gasteiger partial charge in [-0.1, -0.05) is 6.92 Å². The van der Waals surface area contributed by atoms with Gasteiger partial charge in [0.1, 0.15) is 0 Å². The van der Waals surface area contributed by atoms with Crippen LogP contribution in [0.5, 0.6) is 5.75 Å². The van der Waals surface area contributed by atoms with E-state index in [1.54, 1.807) is 13.1 Å². The van der Waals surface area contributed by atoms with E-state index in [0.717, 1.165) is 13.0 Å². The number of nitrogens with one attached hydrogen (secondary N) is 1. The Balaban J connectivity index is 2.52. The van der Waals surface area contributed by atoms with Crippen molar-refractivity contribution in [3.63, 3.8) is 0 Å². The highest BCUT2D eigenvalue weighted by Crippen LogP contribution is 2.11. The Kier molecular flexibility index (Phi) is 4.76. The van der Waals surface area contributed by atoms with Crippen molar-refractivity contribution < 1.29 is 9.53 Å². The van der Waals surface area contributed by atoms with Crippen molar-refractivity contribution in [3.05, 3.63) is 12.4 Å². The number of carbonyl (C=O) groups excluding carboxylic acids is 1. The van der Waals surface area contributed by atoms with Gasteiger partial charge in [-0.25, -0.2) is 0 Å². The van der Waals surface area contributed by atoms with E-state index < -0.39 is 6.10 Å². The maximum absolute atomic E-state index is 11.8. The summed E-state index contributed by atoms with van der Waals surface area (Å²) < 4.78 is 7.36. The minimum absolute atomic E-state index is 0.120. The molecule has 1 aromatic rings. The number of hydrogen-bond acceptors (Lipinski definition) is 3. The number of aromatic nitrogens is 2. The highest BCUT2D eigenvalue weighted by Gasteiger charge is 2.20. The molecule has 0 fully saturated rings. The van der Waals surface area contributed by atoms with Gasteiger partial charge in [-0.3, -0.25) is 9.48 Å². The van der Waals surface area contributed by atoms with Crippen LogP contribution in [0, 0.1) is 0 Å². The molecule has 5 heteroatoms. The van der Waals surface area contributed by atoms with Crippen molar-refractivity contribution in [3.8, 4) is 5.75 Å². The lowest BCUT2D eigenvalue weighted by molar-refractivity contribution is -0.128. The summed E-state index contributed by atoms with van der Waals surface area (Å²) in [5, 5.41) is 7.03. The van der Waals surface area contributed by atoms with Gasteiger partial charge in [0, 0.05) is 12.1 Å². The molecule has 18 heavy (non-hydrogen) atoms. The Morgan fingerprint density at radius 3 is 2.78 bits per heavy atom. The van der Waals surface area contributed by atoms with E-state index in [9.17, 15) is 4.79 Å². The molecule has 1 amide bonds. The zero-order valence-electron chi connectivity index (χ0n) is 11.9. The second-order valence-corrected chi connectivity index (χ2v) is 5.44.